The van der Waals surface area contributed by atoms with Crippen molar-refractivity contribution < 1.29 is 54.9 Å². The van der Waals surface area contributed by atoms with E-state index in [4.69, 9.17) is 18.9 Å². The summed E-state index contributed by atoms with van der Waals surface area (Å²) in [5.74, 6) is -0.924. The highest BCUT2D eigenvalue weighted by molar-refractivity contribution is 5.97. The van der Waals surface area contributed by atoms with Gasteiger partial charge in [0, 0.05) is 34.3 Å². The molecule has 16 nitrogen and oxygen atoms in total. The molecule has 4 aromatic carbocycles. The van der Waals surface area contributed by atoms with Crippen molar-refractivity contribution in [2.24, 2.45) is 0 Å². The maximum absolute atomic E-state index is 15.5. The lowest BCUT2D eigenvalue weighted by molar-refractivity contribution is -0.217. The number of aryl methyl sites for hydroxylation is 2. The average molecular weight is 1040 g/mol. The zero-order valence-electron chi connectivity index (χ0n) is 43.3. The molecule has 0 bridgehead atoms. The first-order chi connectivity index (χ1) is 34.9. The minimum atomic E-state index is -4.92. The van der Waals surface area contributed by atoms with Crippen molar-refractivity contribution in [1.29, 1.82) is 10.5 Å². The van der Waals surface area contributed by atoms with Crippen LogP contribution in [0.4, 0.5) is 35.9 Å². The average Bonchev–Trinajstić information content (AvgIpc) is 4.13. The molecule has 0 radical (unpaired) electrons. The Hall–Kier alpha value is -8.08. The van der Waals surface area contributed by atoms with Gasteiger partial charge >= 0.3 is 24.5 Å². The highest BCUT2D eigenvalue weighted by Gasteiger charge is 2.64. The molecule has 0 fully saturated rings. The third-order valence-corrected chi connectivity index (χ3v) is 12.4. The Labute approximate surface area is 426 Å². The lowest BCUT2D eigenvalue weighted by Crippen LogP contribution is -2.55. The Balaban J connectivity index is 0.000000219. The fourth-order valence-corrected chi connectivity index (χ4v) is 9.39. The normalized spacial score (nSPS) is 14.0. The van der Waals surface area contributed by atoms with Crippen LogP contribution in [0.3, 0.4) is 0 Å². The first kappa shape index (κ1) is 54.7. The fourth-order valence-electron chi connectivity index (χ4n) is 9.39. The Bertz CT molecular complexity index is 3620. The van der Waals surface area contributed by atoms with Gasteiger partial charge in [-0.25, -0.2) is 19.6 Å². The minimum Gasteiger partial charge on any atom is -0.496 e. The third-order valence-electron chi connectivity index (χ3n) is 12.4. The number of nitrogens with zero attached hydrogens (tertiary/aromatic N) is 7. The molecule has 4 heterocycles. The van der Waals surface area contributed by atoms with Gasteiger partial charge in [-0.3, -0.25) is 19.4 Å². The summed E-state index contributed by atoms with van der Waals surface area (Å²) >= 11 is 0. The second kappa shape index (κ2) is 19.3. The molecule has 4 aromatic heterocycles. The summed E-state index contributed by atoms with van der Waals surface area (Å²) in [7, 11) is 6.36. The molecule has 2 atom stereocenters. The molecular formula is C53H54F6N10O6. The number of methoxy groups -OCH3 is 2. The highest BCUT2D eigenvalue weighted by Crippen LogP contribution is 2.54. The van der Waals surface area contributed by atoms with Crippen LogP contribution in [0, 0.1) is 36.5 Å². The predicted molar refractivity (Wildman–Crippen MR) is 268 cm³/mol. The van der Waals surface area contributed by atoms with E-state index in [1.54, 1.807) is 55.4 Å². The molecule has 8 rings (SSSR count). The van der Waals surface area contributed by atoms with Crippen molar-refractivity contribution >= 4 is 56.1 Å². The number of alkyl halides is 6. The monoisotopic (exact) mass is 1040 g/mol. The minimum absolute atomic E-state index is 0.0267. The van der Waals surface area contributed by atoms with Gasteiger partial charge in [0.1, 0.15) is 34.3 Å². The van der Waals surface area contributed by atoms with E-state index in [9.17, 15) is 20.1 Å². The van der Waals surface area contributed by atoms with Gasteiger partial charge in [0.25, 0.3) is 0 Å². The third kappa shape index (κ3) is 9.44. The van der Waals surface area contributed by atoms with Crippen molar-refractivity contribution in [3.05, 3.63) is 118 Å². The van der Waals surface area contributed by atoms with E-state index in [2.05, 4.69) is 25.3 Å². The molecule has 0 saturated heterocycles. The smallest absolute Gasteiger partial charge is 0.419 e. The van der Waals surface area contributed by atoms with Crippen LogP contribution >= 0.6 is 0 Å². The first-order valence-electron chi connectivity index (χ1n) is 23.1. The van der Waals surface area contributed by atoms with Gasteiger partial charge < -0.3 is 28.9 Å². The Morgan fingerprint density at radius 1 is 0.640 bits per heavy atom. The number of halogens is 6. The van der Waals surface area contributed by atoms with Crippen LogP contribution in [0.25, 0.3) is 43.9 Å². The number of benzene rings is 4. The Morgan fingerprint density at radius 2 is 1.05 bits per heavy atom. The maximum Gasteiger partial charge on any atom is 0.419 e. The molecule has 0 aliphatic rings. The number of carbonyl (C=O) groups is 2. The molecular weight excluding hydrogens is 987 g/mol. The van der Waals surface area contributed by atoms with Crippen molar-refractivity contribution in [2.75, 3.05) is 35.4 Å². The van der Waals surface area contributed by atoms with E-state index in [1.807, 2.05) is 12.1 Å². The van der Waals surface area contributed by atoms with Crippen molar-refractivity contribution in [2.45, 2.75) is 90.0 Å². The number of aromatic amines is 2. The number of nitriles is 2. The van der Waals surface area contributed by atoms with Gasteiger partial charge in [0.2, 0.25) is 11.1 Å². The summed E-state index contributed by atoms with van der Waals surface area (Å²) in [6.07, 6.45) is -8.51. The summed E-state index contributed by atoms with van der Waals surface area (Å²) in [5.41, 5.74) is -4.65. The summed E-state index contributed by atoms with van der Waals surface area (Å²) in [6, 6.07) is 18.6. The molecule has 75 heavy (non-hydrogen) atoms. The molecule has 22 heteroatoms. The van der Waals surface area contributed by atoms with Gasteiger partial charge in [-0.05, 0) is 148 Å². The van der Waals surface area contributed by atoms with Crippen LogP contribution in [0.1, 0.15) is 86.6 Å². The molecule has 0 aliphatic carbocycles. The first-order valence-corrected chi connectivity index (χ1v) is 23.1. The summed E-state index contributed by atoms with van der Waals surface area (Å²) in [5, 5.41) is 21.2. The molecule has 0 amide bonds. The fraction of sp³-hybridized carbons (Fsp3) is 0.358. The number of hydrogen-bond acceptors (Lipinski definition) is 12. The zero-order valence-corrected chi connectivity index (χ0v) is 43.3. The van der Waals surface area contributed by atoms with E-state index in [0.717, 1.165) is 4.90 Å². The highest BCUT2D eigenvalue weighted by atomic mass is 19.4. The van der Waals surface area contributed by atoms with E-state index in [-0.39, 0.29) is 77.6 Å². The topological polar surface area (TPSA) is 201 Å². The summed E-state index contributed by atoms with van der Waals surface area (Å²) < 4.78 is 117. The van der Waals surface area contributed by atoms with Gasteiger partial charge in [0.05, 0.1) is 70.6 Å². The lowest BCUT2D eigenvalue weighted by Gasteiger charge is -2.41. The van der Waals surface area contributed by atoms with Crippen LogP contribution in [-0.2, 0) is 20.6 Å². The zero-order chi connectivity index (χ0) is 55.5. The van der Waals surface area contributed by atoms with Gasteiger partial charge in [-0.2, -0.15) is 36.9 Å². The summed E-state index contributed by atoms with van der Waals surface area (Å²) in [4.78, 5) is 41.2. The van der Waals surface area contributed by atoms with E-state index in [1.165, 1.54) is 118 Å². The molecule has 394 valence electrons. The quantitative estimate of drug-likeness (QED) is 0.122. The van der Waals surface area contributed by atoms with Crippen LogP contribution in [0.15, 0.2) is 73.1 Å². The number of carbonyl (C=O) groups excluding carboxylic acids is 2. The van der Waals surface area contributed by atoms with Crippen LogP contribution in [-0.4, -0.2) is 105 Å². The van der Waals surface area contributed by atoms with Gasteiger partial charge in [-0.1, -0.05) is 0 Å². The molecule has 2 unspecified atom stereocenters. The molecule has 0 spiro atoms. The number of imidazole rings is 2. The number of H-pyrrole nitrogens is 2. The van der Waals surface area contributed by atoms with Gasteiger partial charge in [0.15, 0.2) is 0 Å². The van der Waals surface area contributed by atoms with Crippen molar-refractivity contribution in [3.8, 4) is 23.6 Å². The summed E-state index contributed by atoms with van der Waals surface area (Å²) in [6.45, 7) is 13.6. The second-order valence-corrected chi connectivity index (χ2v) is 19.9. The lowest BCUT2D eigenvalue weighted by atomic mass is 9.83. The van der Waals surface area contributed by atoms with E-state index >= 15 is 26.3 Å². The Morgan fingerprint density at radius 3 is 1.43 bits per heavy atom. The van der Waals surface area contributed by atoms with Gasteiger partial charge in [-0.15, -0.1) is 0 Å². The number of fused-ring (bicyclic) bond motifs is 4. The molecule has 0 aliphatic heterocycles. The van der Waals surface area contributed by atoms with Crippen LogP contribution in [0.5, 0.6) is 11.5 Å². The standard InChI is InChI=1S/C27H28F3N5O3.C26H26F3N5O3/c1-15-12-20(37-7)21(17-10-11-35(22(15)17)24(36)38-25(2,3)4)26(34(5)6,27(28,29)30)23-32-18-9-8-16(14-31)13-19(18)33-23;1-14-11-19(36-6)20(16-9-10-34(21(14)16)23(35)37-24(2,3)4)25(31-5,26(27,28)29)22-32-17-8-7-15(13-30)12-18(17)33-22/h8-13H,1-7H3,(H,32,33);7-12,31H,1-6H3,(H,32,33). The number of rotatable bonds is 8. The van der Waals surface area contributed by atoms with Crippen molar-refractivity contribution in [1.82, 2.24) is 39.3 Å². The number of aromatic nitrogens is 6. The maximum atomic E-state index is 15.5. The van der Waals surface area contributed by atoms with Crippen LogP contribution < -0.4 is 14.8 Å². The SMILES string of the molecule is CNC(c1nc2ccc(C#N)cc2[nH]1)(c1c(OC)cc(C)c2c1ccn2C(=O)OC(C)(C)C)C(F)(F)F.COc1cc(C)c2c(ccn2C(=O)OC(C)(C)C)c1C(c1nc2ccc(C#N)cc2[nH]1)(N(C)C)C(F)(F)F. The van der Waals surface area contributed by atoms with Crippen molar-refractivity contribution in [3.63, 3.8) is 0 Å². The predicted octanol–water partition coefficient (Wildman–Crippen LogP) is 11.4. The number of ether oxygens (including phenoxy) is 4. The molecule has 3 N–H and O–H groups in total. The second-order valence-electron chi connectivity index (χ2n) is 19.9. The molecule has 0 saturated carbocycles. The molecule has 8 aromatic rings. The largest absolute Gasteiger partial charge is 0.496 e. The number of nitrogens with one attached hydrogen (secondary N) is 3. The van der Waals surface area contributed by atoms with E-state index < -0.39 is 58.5 Å². The number of hydrogen-bond donors (Lipinski definition) is 3. The van der Waals surface area contributed by atoms with E-state index in [0.29, 0.717) is 11.1 Å². The van der Waals surface area contributed by atoms with Crippen LogP contribution in [0.2, 0.25) is 0 Å². The Kier molecular flexibility index (Phi) is 14.1.